The van der Waals surface area contributed by atoms with Crippen LogP contribution in [0.5, 0.6) is 5.88 Å². The number of rotatable bonds is 1. The van der Waals surface area contributed by atoms with Gasteiger partial charge >= 0.3 is 6.03 Å². The summed E-state index contributed by atoms with van der Waals surface area (Å²) in [6.45, 7) is 0. The molecule has 5 nitrogen and oxygen atoms in total. The molecule has 21 heavy (non-hydrogen) atoms. The smallest absolute Gasteiger partial charge is 0.335 e. The molecule has 110 valence electrons. The number of nitrogens with one attached hydrogen (secondary N) is 1. The zero-order chi connectivity index (χ0) is 14.8. The highest BCUT2D eigenvalue weighted by atomic mass is 16.3. The molecule has 2 amide bonds. The molecule has 0 spiro atoms. The Labute approximate surface area is 122 Å². The van der Waals surface area contributed by atoms with Crippen LogP contribution in [0.4, 0.5) is 4.79 Å². The van der Waals surface area contributed by atoms with Crippen molar-refractivity contribution in [2.24, 2.45) is 5.92 Å². The van der Waals surface area contributed by atoms with Gasteiger partial charge in [-0.25, -0.2) is 9.36 Å². The molecule has 3 rings (SSSR count). The number of carbonyl (C=O) groups is 2. The maximum absolute atomic E-state index is 12.3. The topological polar surface area (TPSA) is 71.3 Å². The molecule has 2 aromatic rings. The average molecular weight is 286 g/mol. The first-order valence-corrected chi connectivity index (χ1v) is 7.31. The van der Waals surface area contributed by atoms with Gasteiger partial charge in [-0.3, -0.25) is 10.1 Å². The zero-order valence-corrected chi connectivity index (χ0v) is 11.7. The number of amides is 2. The molecule has 0 bridgehead atoms. The van der Waals surface area contributed by atoms with Gasteiger partial charge in [-0.05, 0) is 18.9 Å². The molecule has 0 aliphatic heterocycles. The summed E-state index contributed by atoms with van der Waals surface area (Å²) in [5.41, 5.74) is 0.587. The third-order valence-corrected chi connectivity index (χ3v) is 4.10. The highest BCUT2D eigenvalue weighted by Gasteiger charge is 2.24. The number of imide groups is 1. The van der Waals surface area contributed by atoms with E-state index in [0.29, 0.717) is 5.52 Å². The van der Waals surface area contributed by atoms with Crippen molar-refractivity contribution in [3.8, 4) is 5.88 Å². The van der Waals surface area contributed by atoms with E-state index in [0.717, 1.165) is 42.1 Å². The van der Waals surface area contributed by atoms with Crippen molar-refractivity contribution in [1.29, 1.82) is 0 Å². The molecule has 1 heterocycles. The van der Waals surface area contributed by atoms with Gasteiger partial charge in [-0.2, -0.15) is 0 Å². The number of hydrogen-bond acceptors (Lipinski definition) is 3. The van der Waals surface area contributed by atoms with Gasteiger partial charge in [0.05, 0.1) is 5.52 Å². The quantitative estimate of drug-likeness (QED) is 0.846. The fourth-order valence-electron chi connectivity index (χ4n) is 2.98. The standard InChI is InChI=1S/C16H18N2O3/c19-14-10-12-8-4-5-9-13(12)18(14)16(21)17-15(20)11-6-2-1-3-7-11/h4-5,8-11,19H,1-3,6-7H2,(H,17,20,21). The molecular weight excluding hydrogens is 268 g/mol. The van der Waals surface area contributed by atoms with Crippen molar-refractivity contribution in [2.75, 3.05) is 0 Å². The number of para-hydroxylation sites is 1. The highest BCUT2D eigenvalue weighted by molar-refractivity contribution is 6.01. The maximum atomic E-state index is 12.3. The van der Waals surface area contributed by atoms with Crippen molar-refractivity contribution in [3.05, 3.63) is 30.3 Å². The molecule has 1 aromatic carbocycles. The third-order valence-electron chi connectivity index (χ3n) is 4.10. The van der Waals surface area contributed by atoms with Crippen LogP contribution in [0.15, 0.2) is 30.3 Å². The Morgan fingerprint density at radius 1 is 1.14 bits per heavy atom. The van der Waals surface area contributed by atoms with Gasteiger partial charge in [0, 0.05) is 17.4 Å². The minimum Gasteiger partial charge on any atom is -0.494 e. The summed E-state index contributed by atoms with van der Waals surface area (Å²) in [6.07, 6.45) is 4.88. The van der Waals surface area contributed by atoms with E-state index in [9.17, 15) is 14.7 Å². The molecule has 1 aliphatic carbocycles. The van der Waals surface area contributed by atoms with E-state index >= 15 is 0 Å². The van der Waals surface area contributed by atoms with Crippen molar-refractivity contribution in [2.45, 2.75) is 32.1 Å². The van der Waals surface area contributed by atoms with Crippen LogP contribution in [0, 0.1) is 5.92 Å². The molecule has 1 aromatic heterocycles. The van der Waals surface area contributed by atoms with Crippen molar-refractivity contribution < 1.29 is 14.7 Å². The number of fused-ring (bicyclic) bond motifs is 1. The van der Waals surface area contributed by atoms with Crippen LogP contribution < -0.4 is 5.32 Å². The summed E-state index contributed by atoms with van der Waals surface area (Å²) in [5, 5.41) is 13.1. The molecule has 1 fully saturated rings. The van der Waals surface area contributed by atoms with E-state index < -0.39 is 6.03 Å². The Kier molecular flexibility index (Phi) is 3.64. The third kappa shape index (κ3) is 2.63. The number of aromatic hydroxyl groups is 1. The molecule has 0 saturated heterocycles. The zero-order valence-electron chi connectivity index (χ0n) is 11.7. The van der Waals surface area contributed by atoms with Gasteiger partial charge in [0.2, 0.25) is 5.91 Å². The van der Waals surface area contributed by atoms with E-state index in [2.05, 4.69) is 5.32 Å². The van der Waals surface area contributed by atoms with Crippen LogP contribution in [-0.2, 0) is 4.79 Å². The van der Waals surface area contributed by atoms with Gasteiger partial charge in [-0.15, -0.1) is 0 Å². The van der Waals surface area contributed by atoms with Crippen LogP contribution >= 0.6 is 0 Å². The van der Waals surface area contributed by atoms with E-state index in [4.69, 9.17) is 0 Å². The first kappa shape index (κ1) is 13.7. The Hall–Kier alpha value is -2.30. The second-order valence-corrected chi connectivity index (χ2v) is 5.53. The lowest BCUT2D eigenvalue weighted by Gasteiger charge is -2.20. The average Bonchev–Trinajstić information content (AvgIpc) is 2.83. The Bertz CT molecular complexity index is 684. The number of carbonyl (C=O) groups excluding carboxylic acids is 2. The second-order valence-electron chi connectivity index (χ2n) is 5.53. The summed E-state index contributed by atoms with van der Waals surface area (Å²) >= 11 is 0. The van der Waals surface area contributed by atoms with E-state index in [1.54, 1.807) is 12.1 Å². The van der Waals surface area contributed by atoms with Crippen LogP contribution in [-0.4, -0.2) is 21.6 Å². The molecule has 1 aliphatic rings. The monoisotopic (exact) mass is 286 g/mol. The lowest BCUT2D eigenvalue weighted by Crippen LogP contribution is -2.38. The first-order valence-electron chi connectivity index (χ1n) is 7.31. The fourth-order valence-corrected chi connectivity index (χ4v) is 2.98. The lowest BCUT2D eigenvalue weighted by molar-refractivity contribution is -0.124. The Morgan fingerprint density at radius 3 is 2.62 bits per heavy atom. The Morgan fingerprint density at radius 2 is 1.86 bits per heavy atom. The Balaban J connectivity index is 1.80. The summed E-state index contributed by atoms with van der Waals surface area (Å²) in [4.78, 5) is 24.4. The highest BCUT2D eigenvalue weighted by Crippen LogP contribution is 2.25. The lowest BCUT2D eigenvalue weighted by atomic mass is 9.89. The second kappa shape index (κ2) is 5.60. The number of aromatic nitrogens is 1. The summed E-state index contributed by atoms with van der Waals surface area (Å²) in [5.74, 6) is -0.492. The maximum Gasteiger partial charge on any atom is 0.335 e. The van der Waals surface area contributed by atoms with Crippen molar-refractivity contribution in [3.63, 3.8) is 0 Å². The van der Waals surface area contributed by atoms with Crippen molar-refractivity contribution >= 4 is 22.8 Å². The summed E-state index contributed by atoms with van der Waals surface area (Å²) in [6, 6.07) is 8.08. The normalized spacial score (nSPS) is 16.0. The van der Waals surface area contributed by atoms with Gasteiger partial charge in [0.25, 0.3) is 0 Å². The summed E-state index contributed by atoms with van der Waals surface area (Å²) < 4.78 is 1.13. The van der Waals surface area contributed by atoms with Gasteiger partial charge in [-0.1, -0.05) is 37.5 Å². The molecule has 2 N–H and O–H groups in total. The van der Waals surface area contributed by atoms with Crippen LogP contribution in [0.3, 0.4) is 0 Å². The van der Waals surface area contributed by atoms with E-state index in [-0.39, 0.29) is 17.7 Å². The molecule has 0 atom stereocenters. The van der Waals surface area contributed by atoms with Crippen LogP contribution in [0.1, 0.15) is 32.1 Å². The van der Waals surface area contributed by atoms with E-state index in [1.165, 1.54) is 6.07 Å². The largest absolute Gasteiger partial charge is 0.494 e. The van der Waals surface area contributed by atoms with Gasteiger partial charge < -0.3 is 5.11 Å². The minimum absolute atomic E-state index is 0.0910. The molecule has 1 saturated carbocycles. The van der Waals surface area contributed by atoms with Gasteiger partial charge in [0.15, 0.2) is 5.88 Å². The van der Waals surface area contributed by atoms with Crippen molar-refractivity contribution in [1.82, 2.24) is 9.88 Å². The van der Waals surface area contributed by atoms with E-state index in [1.807, 2.05) is 12.1 Å². The fraction of sp³-hybridized carbons (Fsp3) is 0.375. The first-order chi connectivity index (χ1) is 10.2. The minimum atomic E-state index is -0.593. The number of nitrogens with zero attached hydrogens (tertiary/aromatic N) is 1. The predicted octanol–water partition coefficient (Wildman–Crippen LogP) is 3.01. The molecular formula is C16H18N2O3. The van der Waals surface area contributed by atoms with Crippen LogP contribution in [0.25, 0.3) is 10.9 Å². The van der Waals surface area contributed by atoms with Gasteiger partial charge in [0.1, 0.15) is 0 Å². The predicted molar refractivity (Wildman–Crippen MR) is 79.1 cm³/mol. The summed E-state index contributed by atoms with van der Waals surface area (Å²) in [7, 11) is 0. The molecule has 0 radical (unpaired) electrons. The SMILES string of the molecule is O=C(NC(=O)n1c(O)cc2ccccc21)C1CCCCC1. The molecule has 5 heteroatoms. The number of benzene rings is 1. The van der Waals surface area contributed by atoms with Crippen LogP contribution in [0.2, 0.25) is 0 Å². The molecule has 0 unspecified atom stereocenters. The number of hydrogen-bond donors (Lipinski definition) is 2.